The second kappa shape index (κ2) is 12.4. The zero-order valence-corrected chi connectivity index (χ0v) is 23.6. The molecular formula is C25H29BrF4N4O4S. The van der Waals surface area contributed by atoms with Crippen LogP contribution in [0.4, 0.5) is 17.6 Å². The molecule has 0 radical (unpaired) electrons. The molecule has 1 fully saturated rings. The highest BCUT2D eigenvalue weighted by molar-refractivity contribution is 9.10. The Balaban J connectivity index is 1.79. The van der Waals surface area contributed by atoms with Crippen molar-refractivity contribution in [3.05, 3.63) is 58.7 Å². The van der Waals surface area contributed by atoms with E-state index in [1.54, 1.807) is 6.07 Å². The molecule has 3 atom stereocenters. The Hall–Kier alpha value is -2.42. The Morgan fingerprint density at radius 2 is 1.82 bits per heavy atom. The zero-order valence-electron chi connectivity index (χ0n) is 21.2. The van der Waals surface area contributed by atoms with Gasteiger partial charge in [0.05, 0.1) is 18.6 Å². The fraction of sp³-hybridized carbons (Fsp3) is 0.480. The molecular weight excluding hydrogens is 608 g/mol. The van der Waals surface area contributed by atoms with Crippen molar-refractivity contribution in [1.29, 1.82) is 0 Å². The number of aromatic nitrogens is 1. The van der Waals surface area contributed by atoms with E-state index in [4.69, 9.17) is 0 Å². The molecule has 2 N–H and O–H groups in total. The number of rotatable bonds is 9. The Morgan fingerprint density at radius 1 is 1.15 bits per heavy atom. The first kappa shape index (κ1) is 31.1. The van der Waals surface area contributed by atoms with Crippen LogP contribution in [-0.2, 0) is 19.6 Å². The normalized spacial score (nSPS) is 19.3. The van der Waals surface area contributed by atoms with Crippen LogP contribution in [-0.4, -0.2) is 66.4 Å². The lowest BCUT2D eigenvalue weighted by atomic mass is 9.97. The highest BCUT2D eigenvalue weighted by Crippen LogP contribution is 2.34. The molecule has 0 saturated carbocycles. The molecule has 214 valence electrons. The third-order valence-corrected chi connectivity index (χ3v) is 8.37. The van der Waals surface area contributed by atoms with Crippen LogP contribution >= 0.6 is 15.9 Å². The Morgan fingerprint density at radius 3 is 2.38 bits per heavy atom. The van der Waals surface area contributed by atoms with Crippen LogP contribution in [0.2, 0.25) is 0 Å². The van der Waals surface area contributed by atoms with Gasteiger partial charge in [0, 0.05) is 23.6 Å². The van der Waals surface area contributed by atoms with E-state index in [1.165, 1.54) is 42.6 Å². The lowest BCUT2D eigenvalue weighted by molar-refractivity contribution is -0.161. The maximum Gasteiger partial charge on any atom is 0.407 e. The highest BCUT2D eigenvalue weighted by atomic mass is 79.9. The fourth-order valence-electron chi connectivity index (χ4n) is 4.21. The van der Waals surface area contributed by atoms with E-state index >= 15 is 0 Å². The lowest BCUT2D eigenvalue weighted by Gasteiger charge is -2.30. The van der Waals surface area contributed by atoms with Crippen molar-refractivity contribution in [3.8, 4) is 0 Å². The molecule has 2 aromatic rings. The van der Waals surface area contributed by atoms with Crippen LogP contribution in [0.5, 0.6) is 0 Å². The van der Waals surface area contributed by atoms with Crippen LogP contribution in [0.15, 0.2) is 58.2 Å². The topological polar surface area (TPSA) is 108 Å². The molecule has 14 heteroatoms. The third kappa shape index (κ3) is 8.53. The van der Waals surface area contributed by atoms with E-state index in [-0.39, 0.29) is 30.0 Å². The average Bonchev–Trinajstić information content (AvgIpc) is 3.03. The molecule has 1 aromatic heterocycles. The second-order valence-electron chi connectivity index (χ2n) is 9.84. The number of hydrogen-bond acceptors (Lipinski definition) is 6. The molecule has 2 heterocycles. The Bertz CT molecular complexity index is 1260. The molecule has 1 aromatic carbocycles. The summed E-state index contributed by atoms with van der Waals surface area (Å²) >= 11 is 3.16. The number of pyridine rings is 1. The maximum absolute atomic E-state index is 14.6. The minimum absolute atomic E-state index is 0.0179. The molecule has 0 bridgehead atoms. The smallest absolute Gasteiger partial charge is 0.345 e. The number of benzene rings is 1. The van der Waals surface area contributed by atoms with Gasteiger partial charge >= 0.3 is 6.18 Å². The first-order valence-corrected chi connectivity index (χ1v) is 14.3. The number of ketones is 1. The van der Waals surface area contributed by atoms with Crippen LogP contribution in [0.1, 0.15) is 44.7 Å². The molecule has 3 rings (SSSR count). The summed E-state index contributed by atoms with van der Waals surface area (Å²) < 4.78 is 84.0. The number of nitrogens with one attached hydrogen (secondary N) is 2. The SMILES string of the molecule is CC(C)(F)CC(N[C@@H](c1ccc(Br)cc1)C(F)(F)F)C(=O)NC1CCCN(S(=O)(=O)c2ccccn2)CC1=O. The van der Waals surface area contributed by atoms with E-state index in [9.17, 15) is 35.6 Å². The summed E-state index contributed by atoms with van der Waals surface area (Å²) in [5.74, 6) is -1.63. The molecule has 1 amide bonds. The van der Waals surface area contributed by atoms with Crippen molar-refractivity contribution < 1.29 is 35.6 Å². The number of nitrogens with zero attached hydrogens (tertiary/aromatic N) is 2. The summed E-state index contributed by atoms with van der Waals surface area (Å²) in [6.07, 6.45) is -3.87. The number of Topliss-reactive ketones (excluding diaryl/α,β-unsaturated/α-hetero) is 1. The molecule has 1 aliphatic rings. The van der Waals surface area contributed by atoms with Gasteiger partial charge in [-0.2, -0.15) is 17.5 Å². The Kier molecular flexibility index (Phi) is 9.89. The summed E-state index contributed by atoms with van der Waals surface area (Å²) in [5.41, 5.74) is -2.20. The standard InChI is InChI=1S/C25H29BrF4N4O4S/c1-24(2,27)14-19(32-22(25(28,29)30)16-8-10-17(26)11-9-16)23(36)33-18-6-5-13-34(15-20(18)35)39(37,38)21-7-3-4-12-31-21/h3-4,7-12,18-19,22,32H,5-6,13-15H2,1-2H3,(H,33,36)/t18?,19?,22-/m0/s1. The third-order valence-electron chi connectivity index (χ3n) is 6.08. The fourth-order valence-corrected chi connectivity index (χ4v) is 5.85. The summed E-state index contributed by atoms with van der Waals surface area (Å²) in [6, 6.07) is 4.53. The number of halogens is 5. The van der Waals surface area contributed by atoms with Gasteiger partial charge in [-0.3, -0.25) is 14.9 Å². The van der Waals surface area contributed by atoms with E-state index in [0.29, 0.717) is 4.47 Å². The quantitative estimate of drug-likeness (QED) is 0.402. The summed E-state index contributed by atoms with van der Waals surface area (Å²) in [6.45, 7) is 1.69. The molecule has 1 saturated heterocycles. The van der Waals surface area contributed by atoms with Crippen molar-refractivity contribution in [2.24, 2.45) is 0 Å². The van der Waals surface area contributed by atoms with Gasteiger partial charge in [-0.1, -0.05) is 34.1 Å². The van der Waals surface area contributed by atoms with Crippen LogP contribution < -0.4 is 10.6 Å². The van der Waals surface area contributed by atoms with Crippen molar-refractivity contribution in [2.45, 2.75) is 68.1 Å². The van der Waals surface area contributed by atoms with Gasteiger partial charge in [0.15, 0.2) is 10.8 Å². The largest absolute Gasteiger partial charge is 0.407 e. The van der Waals surface area contributed by atoms with Crippen molar-refractivity contribution in [1.82, 2.24) is 19.9 Å². The summed E-state index contributed by atoms with van der Waals surface area (Å²) in [5, 5.41) is 4.44. The number of carbonyl (C=O) groups excluding carboxylic acids is 2. The minimum Gasteiger partial charge on any atom is -0.345 e. The zero-order chi connectivity index (χ0) is 29.0. The summed E-state index contributed by atoms with van der Waals surface area (Å²) in [4.78, 5) is 30.0. The lowest BCUT2D eigenvalue weighted by Crippen LogP contribution is -2.54. The van der Waals surface area contributed by atoms with Gasteiger partial charge in [-0.05, 0) is 56.5 Å². The van der Waals surface area contributed by atoms with E-state index in [1.807, 2.05) is 0 Å². The first-order valence-electron chi connectivity index (χ1n) is 12.1. The molecule has 39 heavy (non-hydrogen) atoms. The summed E-state index contributed by atoms with van der Waals surface area (Å²) in [7, 11) is -4.08. The molecule has 0 aliphatic carbocycles. The van der Waals surface area contributed by atoms with Gasteiger partial charge in [0.1, 0.15) is 11.7 Å². The Labute approximate surface area is 232 Å². The van der Waals surface area contributed by atoms with E-state index in [2.05, 4.69) is 31.5 Å². The second-order valence-corrected chi connectivity index (χ2v) is 12.6. The molecule has 1 aliphatic heterocycles. The first-order chi connectivity index (χ1) is 18.1. The van der Waals surface area contributed by atoms with Crippen LogP contribution in [0.3, 0.4) is 0 Å². The van der Waals surface area contributed by atoms with Crippen LogP contribution in [0, 0.1) is 0 Å². The molecule has 2 unspecified atom stereocenters. The highest BCUT2D eigenvalue weighted by Gasteiger charge is 2.44. The van der Waals surface area contributed by atoms with Gasteiger partial charge < -0.3 is 5.32 Å². The number of alkyl halides is 4. The van der Waals surface area contributed by atoms with Gasteiger partial charge in [0.25, 0.3) is 10.0 Å². The minimum atomic E-state index is -4.81. The predicted molar refractivity (Wildman–Crippen MR) is 139 cm³/mol. The number of amides is 1. The number of sulfonamides is 1. The molecule has 0 spiro atoms. The van der Waals surface area contributed by atoms with Crippen LogP contribution in [0.25, 0.3) is 0 Å². The van der Waals surface area contributed by atoms with E-state index in [0.717, 1.165) is 18.2 Å². The van der Waals surface area contributed by atoms with Gasteiger partial charge in [0.2, 0.25) is 5.91 Å². The van der Waals surface area contributed by atoms with Gasteiger partial charge in [-0.15, -0.1) is 0 Å². The maximum atomic E-state index is 14.6. The monoisotopic (exact) mass is 636 g/mol. The van der Waals surface area contributed by atoms with Crippen molar-refractivity contribution in [2.75, 3.05) is 13.1 Å². The number of carbonyl (C=O) groups is 2. The number of hydrogen-bond donors (Lipinski definition) is 2. The van der Waals surface area contributed by atoms with Crippen molar-refractivity contribution >= 4 is 37.6 Å². The van der Waals surface area contributed by atoms with Gasteiger partial charge in [-0.25, -0.2) is 17.8 Å². The van der Waals surface area contributed by atoms with E-state index < -0.39 is 64.6 Å². The predicted octanol–water partition coefficient (Wildman–Crippen LogP) is 4.08. The molecule has 8 nitrogen and oxygen atoms in total. The van der Waals surface area contributed by atoms with Crippen molar-refractivity contribution in [3.63, 3.8) is 0 Å². The average molecular weight is 637 g/mol.